The van der Waals surface area contributed by atoms with Crippen molar-refractivity contribution in [3.05, 3.63) is 54.1 Å². The molecule has 1 aliphatic heterocycles. The first kappa shape index (κ1) is 18.5. The molecule has 5 rings (SSSR count). The van der Waals surface area contributed by atoms with Gasteiger partial charge in [0.1, 0.15) is 5.69 Å². The van der Waals surface area contributed by atoms with Crippen molar-refractivity contribution in [1.82, 2.24) is 24.8 Å². The van der Waals surface area contributed by atoms with E-state index in [9.17, 15) is 0 Å². The molecule has 8 nitrogen and oxygen atoms in total. The van der Waals surface area contributed by atoms with E-state index in [4.69, 9.17) is 19.6 Å². The summed E-state index contributed by atoms with van der Waals surface area (Å²) < 4.78 is 12.9. The summed E-state index contributed by atoms with van der Waals surface area (Å²) in [4.78, 5) is 6.93. The van der Waals surface area contributed by atoms with Gasteiger partial charge in [-0.25, -0.2) is 0 Å². The van der Waals surface area contributed by atoms with Crippen LogP contribution < -0.4 is 0 Å². The highest BCUT2D eigenvalue weighted by Crippen LogP contribution is 2.28. The summed E-state index contributed by atoms with van der Waals surface area (Å²) in [5.41, 5.74) is 2.99. The maximum atomic E-state index is 9.12. The number of fused-ring (bicyclic) bond motifs is 1. The Hall–Kier alpha value is -3.54. The third-order valence-corrected chi connectivity index (χ3v) is 5.27. The first-order chi connectivity index (χ1) is 14.8. The predicted octanol–water partition coefficient (Wildman–Crippen LogP) is 2.96. The zero-order chi connectivity index (χ0) is 20.3. The van der Waals surface area contributed by atoms with Crippen molar-refractivity contribution in [2.45, 2.75) is 6.54 Å². The molecule has 1 saturated heterocycles. The van der Waals surface area contributed by atoms with Crippen LogP contribution in [0.25, 0.3) is 33.9 Å². The number of rotatable bonds is 5. The maximum Gasteiger partial charge on any atom is 0.258 e. The fourth-order valence-electron chi connectivity index (χ4n) is 3.68. The van der Waals surface area contributed by atoms with Gasteiger partial charge in [-0.05, 0) is 24.3 Å². The Kier molecular flexibility index (Phi) is 4.97. The number of para-hydroxylation sites is 1. The molecule has 0 spiro atoms. The second kappa shape index (κ2) is 8.06. The van der Waals surface area contributed by atoms with Crippen LogP contribution >= 0.6 is 0 Å². The van der Waals surface area contributed by atoms with Gasteiger partial charge in [0.15, 0.2) is 0 Å². The lowest BCUT2D eigenvalue weighted by atomic mass is 10.1. The number of nitrogens with zero attached hydrogens (tertiary/aromatic N) is 6. The van der Waals surface area contributed by atoms with Crippen molar-refractivity contribution in [2.24, 2.45) is 0 Å². The Labute approximate surface area is 173 Å². The Morgan fingerprint density at radius 1 is 1.03 bits per heavy atom. The number of ether oxygens (including phenoxy) is 1. The molecule has 4 aromatic rings. The number of aromatic nitrogens is 4. The van der Waals surface area contributed by atoms with Gasteiger partial charge in [-0.1, -0.05) is 29.4 Å². The van der Waals surface area contributed by atoms with Crippen LogP contribution in [0.15, 0.2) is 53.1 Å². The zero-order valence-electron chi connectivity index (χ0n) is 16.4. The highest BCUT2D eigenvalue weighted by Gasteiger charge is 2.19. The molecule has 3 heterocycles. The number of morpholine rings is 1. The van der Waals surface area contributed by atoms with Crippen LogP contribution in [-0.4, -0.2) is 57.7 Å². The van der Waals surface area contributed by atoms with Gasteiger partial charge in [-0.15, -0.1) is 0 Å². The van der Waals surface area contributed by atoms with E-state index < -0.39 is 0 Å². The summed E-state index contributed by atoms with van der Waals surface area (Å²) in [5, 5.41) is 19.1. The first-order valence-electron chi connectivity index (χ1n) is 9.92. The molecule has 0 N–H and O–H groups in total. The lowest BCUT2D eigenvalue weighted by Crippen LogP contribution is -2.38. The molecular weight excluding hydrogens is 380 g/mol. The Balaban J connectivity index is 1.46. The van der Waals surface area contributed by atoms with E-state index in [0.29, 0.717) is 28.5 Å². The van der Waals surface area contributed by atoms with E-state index in [1.165, 1.54) is 0 Å². The third kappa shape index (κ3) is 3.56. The molecule has 0 amide bonds. The molecule has 0 saturated carbocycles. The highest BCUT2D eigenvalue weighted by atomic mass is 16.5. The van der Waals surface area contributed by atoms with Crippen LogP contribution in [-0.2, 0) is 11.3 Å². The molecule has 150 valence electrons. The first-order valence-corrected chi connectivity index (χ1v) is 9.92. The molecule has 0 bridgehead atoms. The van der Waals surface area contributed by atoms with Gasteiger partial charge >= 0.3 is 0 Å². The largest absolute Gasteiger partial charge is 0.379 e. The van der Waals surface area contributed by atoms with Gasteiger partial charge in [0, 0.05) is 30.6 Å². The summed E-state index contributed by atoms with van der Waals surface area (Å²) in [6, 6.07) is 17.3. The van der Waals surface area contributed by atoms with Crippen molar-refractivity contribution in [3.63, 3.8) is 0 Å². The van der Waals surface area contributed by atoms with E-state index >= 15 is 0 Å². The summed E-state index contributed by atoms with van der Waals surface area (Å²) in [6.07, 6.45) is 0. The second-order valence-corrected chi connectivity index (χ2v) is 7.16. The Bertz CT molecular complexity index is 1220. The molecule has 2 aromatic heterocycles. The quantitative estimate of drug-likeness (QED) is 0.508. The molecule has 0 radical (unpaired) electrons. The fourth-order valence-corrected chi connectivity index (χ4v) is 3.68. The lowest BCUT2D eigenvalue weighted by Gasteiger charge is -2.26. The molecule has 30 heavy (non-hydrogen) atoms. The minimum Gasteiger partial charge on any atom is -0.379 e. The van der Waals surface area contributed by atoms with Crippen LogP contribution in [0.1, 0.15) is 5.56 Å². The van der Waals surface area contributed by atoms with Gasteiger partial charge in [-0.3, -0.25) is 9.58 Å². The van der Waals surface area contributed by atoms with E-state index in [2.05, 4.69) is 27.2 Å². The van der Waals surface area contributed by atoms with Crippen LogP contribution in [0.4, 0.5) is 0 Å². The van der Waals surface area contributed by atoms with E-state index in [1.54, 1.807) is 18.2 Å². The van der Waals surface area contributed by atoms with Gasteiger partial charge < -0.3 is 9.26 Å². The van der Waals surface area contributed by atoms with Crippen LogP contribution in [0.5, 0.6) is 0 Å². The molecule has 2 aromatic carbocycles. The van der Waals surface area contributed by atoms with Gasteiger partial charge in [0.05, 0.1) is 36.9 Å². The van der Waals surface area contributed by atoms with Crippen LogP contribution in [0.3, 0.4) is 0 Å². The topological polar surface area (TPSA) is 93.0 Å². The lowest BCUT2D eigenvalue weighted by molar-refractivity contribution is 0.0361. The molecular formula is C22H20N6O2. The molecule has 0 unspecified atom stereocenters. The van der Waals surface area contributed by atoms with Crippen molar-refractivity contribution in [1.29, 1.82) is 5.26 Å². The molecule has 1 fully saturated rings. The minimum atomic E-state index is 0.369. The van der Waals surface area contributed by atoms with Crippen LogP contribution in [0, 0.1) is 11.3 Å². The maximum absolute atomic E-state index is 9.12. The van der Waals surface area contributed by atoms with E-state index in [1.807, 2.05) is 28.9 Å². The van der Waals surface area contributed by atoms with E-state index in [0.717, 1.165) is 50.3 Å². The average molecular weight is 400 g/mol. The smallest absolute Gasteiger partial charge is 0.258 e. The van der Waals surface area contributed by atoms with Gasteiger partial charge in [0.2, 0.25) is 5.82 Å². The van der Waals surface area contributed by atoms with Crippen molar-refractivity contribution >= 4 is 10.9 Å². The SMILES string of the molecule is N#Cc1cccc(-c2nc(-c3nn(CCN4CCOCC4)c4ccccc34)no2)c1. The Morgan fingerprint density at radius 2 is 1.90 bits per heavy atom. The molecule has 0 atom stereocenters. The van der Waals surface area contributed by atoms with Crippen LogP contribution in [0.2, 0.25) is 0 Å². The second-order valence-electron chi connectivity index (χ2n) is 7.16. The number of hydrogen-bond donors (Lipinski definition) is 0. The number of nitriles is 1. The Morgan fingerprint density at radius 3 is 2.77 bits per heavy atom. The average Bonchev–Trinajstić information content (AvgIpc) is 3.44. The summed E-state index contributed by atoms with van der Waals surface area (Å²) >= 11 is 0. The summed E-state index contributed by atoms with van der Waals surface area (Å²) in [7, 11) is 0. The predicted molar refractivity (Wildman–Crippen MR) is 110 cm³/mol. The standard InChI is InChI=1S/C22H20N6O2/c23-15-16-4-3-5-17(14-16)22-24-21(26-30-22)20-18-6-1-2-7-19(18)28(25-20)9-8-27-10-12-29-13-11-27/h1-7,14H,8-13H2. The van der Waals surface area contributed by atoms with Gasteiger partial charge in [-0.2, -0.15) is 15.3 Å². The van der Waals surface area contributed by atoms with E-state index in [-0.39, 0.29) is 0 Å². The minimum absolute atomic E-state index is 0.369. The fraction of sp³-hybridized carbons (Fsp3) is 0.273. The third-order valence-electron chi connectivity index (χ3n) is 5.27. The molecule has 0 aliphatic carbocycles. The van der Waals surface area contributed by atoms with Gasteiger partial charge in [0.25, 0.3) is 5.89 Å². The number of benzene rings is 2. The highest BCUT2D eigenvalue weighted by molar-refractivity contribution is 5.91. The molecule has 1 aliphatic rings. The monoisotopic (exact) mass is 400 g/mol. The van der Waals surface area contributed by atoms with Crippen molar-refractivity contribution in [3.8, 4) is 29.0 Å². The molecule has 8 heteroatoms. The normalized spacial score (nSPS) is 14.8. The van der Waals surface area contributed by atoms with Crippen molar-refractivity contribution < 1.29 is 9.26 Å². The number of hydrogen-bond acceptors (Lipinski definition) is 7. The zero-order valence-corrected chi connectivity index (χ0v) is 16.4. The summed E-state index contributed by atoms with van der Waals surface area (Å²) in [5.74, 6) is 0.808. The summed E-state index contributed by atoms with van der Waals surface area (Å²) in [6.45, 7) is 5.14. The van der Waals surface area contributed by atoms with Crippen molar-refractivity contribution in [2.75, 3.05) is 32.8 Å².